The highest BCUT2D eigenvalue weighted by molar-refractivity contribution is 9.10. The smallest absolute Gasteiger partial charge is 0.114 e. The zero-order valence-corrected chi connectivity index (χ0v) is 12.8. The van der Waals surface area contributed by atoms with Crippen molar-refractivity contribution in [1.29, 1.82) is 0 Å². The number of rotatable bonds is 2. The summed E-state index contributed by atoms with van der Waals surface area (Å²) in [5.74, 6) is 0. The van der Waals surface area contributed by atoms with Crippen LogP contribution >= 0.6 is 50.5 Å². The molecule has 0 radical (unpaired) electrons. The van der Waals surface area contributed by atoms with E-state index in [9.17, 15) is 5.11 Å². The van der Waals surface area contributed by atoms with Gasteiger partial charge in [0, 0.05) is 14.4 Å². The van der Waals surface area contributed by atoms with Crippen LogP contribution in [-0.4, -0.2) is 5.11 Å². The molecule has 1 N–H and O–H groups in total. The minimum atomic E-state index is -0.666. The van der Waals surface area contributed by atoms with Gasteiger partial charge in [0.05, 0.1) is 0 Å². The number of aliphatic hydroxyl groups excluding tert-OH is 1. The van der Waals surface area contributed by atoms with Crippen molar-refractivity contribution in [2.24, 2.45) is 0 Å². The summed E-state index contributed by atoms with van der Waals surface area (Å²) >= 11 is 16.6. The SMILES string of the molecule is Cc1cc(Cl)ccc1C(O)c1cc(Br)c(Cl)s1. The first-order chi connectivity index (χ1) is 7.99. The van der Waals surface area contributed by atoms with Crippen LogP contribution in [0, 0.1) is 6.92 Å². The van der Waals surface area contributed by atoms with Crippen LogP contribution in [0.5, 0.6) is 0 Å². The molecular weight excluding hydrogens is 343 g/mol. The fraction of sp³-hybridized carbons (Fsp3) is 0.167. The van der Waals surface area contributed by atoms with Gasteiger partial charge in [0.25, 0.3) is 0 Å². The maximum atomic E-state index is 10.3. The molecule has 0 amide bonds. The summed E-state index contributed by atoms with van der Waals surface area (Å²) in [6.45, 7) is 1.93. The number of aryl methyl sites for hydroxylation is 1. The van der Waals surface area contributed by atoms with Crippen molar-refractivity contribution in [1.82, 2.24) is 0 Å². The molecule has 1 atom stereocenters. The average molecular weight is 352 g/mol. The Morgan fingerprint density at radius 3 is 2.53 bits per heavy atom. The molecule has 0 saturated carbocycles. The molecule has 0 bridgehead atoms. The lowest BCUT2D eigenvalue weighted by molar-refractivity contribution is 0.223. The van der Waals surface area contributed by atoms with Crippen molar-refractivity contribution < 1.29 is 5.11 Å². The number of aliphatic hydroxyl groups is 1. The Hall–Kier alpha value is -0.0600. The van der Waals surface area contributed by atoms with Gasteiger partial charge in [-0.3, -0.25) is 0 Å². The highest BCUT2D eigenvalue weighted by atomic mass is 79.9. The van der Waals surface area contributed by atoms with E-state index in [1.54, 1.807) is 6.07 Å². The molecule has 0 aliphatic heterocycles. The fourth-order valence-corrected chi connectivity index (χ4v) is 3.57. The molecule has 5 heteroatoms. The van der Waals surface area contributed by atoms with Gasteiger partial charge >= 0.3 is 0 Å². The highest BCUT2D eigenvalue weighted by Gasteiger charge is 2.17. The third-order valence-corrected chi connectivity index (χ3v) is 5.22. The van der Waals surface area contributed by atoms with E-state index < -0.39 is 6.10 Å². The predicted octanol–water partition coefficient (Wildman–Crippen LogP) is 5.21. The second-order valence-electron chi connectivity index (χ2n) is 3.67. The van der Waals surface area contributed by atoms with Crippen molar-refractivity contribution in [3.63, 3.8) is 0 Å². The molecule has 0 saturated heterocycles. The van der Waals surface area contributed by atoms with Crippen molar-refractivity contribution in [2.75, 3.05) is 0 Å². The van der Waals surface area contributed by atoms with E-state index in [1.165, 1.54) is 11.3 Å². The van der Waals surface area contributed by atoms with Crippen molar-refractivity contribution >= 4 is 50.5 Å². The summed E-state index contributed by atoms with van der Waals surface area (Å²) in [4.78, 5) is 0.812. The molecule has 2 rings (SSSR count). The normalized spacial score (nSPS) is 12.8. The van der Waals surface area contributed by atoms with E-state index in [0.717, 1.165) is 20.5 Å². The molecule has 17 heavy (non-hydrogen) atoms. The molecule has 2 aromatic rings. The summed E-state index contributed by atoms with van der Waals surface area (Å²) in [6.07, 6.45) is -0.666. The maximum Gasteiger partial charge on any atom is 0.114 e. The Morgan fingerprint density at radius 1 is 1.29 bits per heavy atom. The largest absolute Gasteiger partial charge is 0.383 e. The second-order valence-corrected chi connectivity index (χ2v) is 6.65. The molecule has 1 unspecified atom stereocenters. The number of thiophene rings is 1. The third-order valence-electron chi connectivity index (χ3n) is 2.46. The molecule has 1 heterocycles. The minimum Gasteiger partial charge on any atom is -0.383 e. The van der Waals surface area contributed by atoms with E-state index in [4.69, 9.17) is 23.2 Å². The summed E-state index contributed by atoms with van der Waals surface area (Å²) in [6, 6.07) is 7.29. The van der Waals surface area contributed by atoms with Crippen molar-refractivity contribution in [3.8, 4) is 0 Å². The van der Waals surface area contributed by atoms with Crippen LogP contribution in [0.15, 0.2) is 28.7 Å². The lowest BCUT2D eigenvalue weighted by Crippen LogP contribution is -1.99. The van der Waals surface area contributed by atoms with Crippen LogP contribution in [0.1, 0.15) is 22.1 Å². The standard InChI is InChI=1S/C12H9BrCl2OS/c1-6-4-7(14)2-3-8(6)11(16)10-5-9(13)12(15)17-10/h2-5,11,16H,1H3. The molecule has 1 aromatic heterocycles. The lowest BCUT2D eigenvalue weighted by atomic mass is 10.0. The molecule has 1 aromatic carbocycles. The van der Waals surface area contributed by atoms with E-state index >= 15 is 0 Å². The lowest BCUT2D eigenvalue weighted by Gasteiger charge is -2.12. The van der Waals surface area contributed by atoms with Gasteiger partial charge in [-0.2, -0.15) is 0 Å². The summed E-state index contributed by atoms with van der Waals surface area (Å²) in [5.41, 5.74) is 1.81. The van der Waals surface area contributed by atoms with Gasteiger partial charge in [-0.05, 0) is 52.2 Å². The van der Waals surface area contributed by atoms with E-state index in [-0.39, 0.29) is 0 Å². The quantitative estimate of drug-likeness (QED) is 0.787. The zero-order valence-electron chi connectivity index (χ0n) is 8.88. The van der Waals surface area contributed by atoms with Crippen LogP contribution in [0.25, 0.3) is 0 Å². The minimum absolute atomic E-state index is 0.644. The fourth-order valence-electron chi connectivity index (χ4n) is 1.60. The highest BCUT2D eigenvalue weighted by Crippen LogP contribution is 2.38. The molecule has 0 spiro atoms. The van der Waals surface area contributed by atoms with E-state index in [1.807, 2.05) is 25.1 Å². The number of hydrogen-bond donors (Lipinski definition) is 1. The van der Waals surface area contributed by atoms with Gasteiger partial charge in [0.1, 0.15) is 10.4 Å². The van der Waals surface area contributed by atoms with Crippen LogP contribution in [0.4, 0.5) is 0 Å². The Kier molecular flexibility index (Phi) is 4.16. The summed E-state index contributed by atoms with van der Waals surface area (Å²) < 4.78 is 1.45. The van der Waals surface area contributed by atoms with Crippen LogP contribution < -0.4 is 0 Å². The molecule has 0 aliphatic carbocycles. The molecule has 0 aliphatic rings. The number of halogens is 3. The first-order valence-corrected chi connectivity index (χ1v) is 7.24. The maximum absolute atomic E-state index is 10.3. The number of hydrogen-bond acceptors (Lipinski definition) is 2. The number of benzene rings is 1. The van der Waals surface area contributed by atoms with Gasteiger partial charge in [-0.25, -0.2) is 0 Å². The monoisotopic (exact) mass is 350 g/mol. The first kappa shape index (κ1) is 13.4. The molecule has 0 fully saturated rings. The Balaban J connectivity index is 2.39. The third kappa shape index (κ3) is 2.85. The van der Waals surface area contributed by atoms with Crippen molar-refractivity contribution in [2.45, 2.75) is 13.0 Å². The molecule has 1 nitrogen and oxygen atoms in total. The zero-order chi connectivity index (χ0) is 12.6. The van der Waals surface area contributed by atoms with Crippen LogP contribution in [-0.2, 0) is 0 Å². The van der Waals surface area contributed by atoms with Crippen LogP contribution in [0.3, 0.4) is 0 Å². The average Bonchev–Trinajstić information content (AvgIpc) is 2.58. The van der Waals surface area contributed by atoms with Crippen molar-refractivity contribution in [3.05, 3.63) is 54.1 Å². The topological polar surface area (TPSA) is 20.2 Å². The molecular formula is C12H9BrCl2OS. The van der Waals surface area contributed by atoms with E-state index in [0.29, 0.717) is 9.36 Å². The van der Waals surface area contributed by atoms with Gasteiger partial charge in [-0.15, -0.1) is 11.3 Å². The van der Waals surface area contributed by atoms with E-state index in [2.05, 4.69) is 15.9 Å². The predicted molar refractivity (Wildman–Crippen MR) is 77.3 cm³/mol. The van der Waals surface area contributed by atoms with Gasteiger partial charge in [0.15, 0.2) is 0 Å². The van der Waals surface area contributed by atoms with Gasteiger partial charge in [0.2, 0.25) is 0 Å². The summed E-state index contributed by atoms with van der Waals surface area (Å²) in [7, 11) is 0. The summed E-state index contributed by atoms with van der Waals surface area (Å²) in [5, 5.41) is 11.0. The Labute approximate surface area is 122 Å². The first-order valence-electron chi connectivity index (χ1n) is 4.88. The Bertz CT molecular complexity index is 534. The molecule has 90 valence electrons. The van der Waals surface area contributed by atoms with Gasteiger partial charge < -0.3 is 5.11 Å². The Morgan fingerprint density at radius 2 is 2.00 bits per heavy atom. The van der Waals surface area contributed by atoms with Gasteiger partial charge in [-0.1, -0.05) is 29.3 Å². The second kappa shape index (κ2) is 5.29. The van der Waals surface area contributed by atoms with Crippen LogP contribution in [0.2, 0.25) is 9.36 Å².